The quantitative estimate of drug-likeness (QED) is 0.353. The zero-order chi connectivity index (χ0) is 26.0. The first kappa shape index (κ1) is 25.3. The van der Waals surface area contributed by atoms with E-state index in [1.165, 1.54) is 12.5 Å². The van der Waals surface area contributed by atoms with Crippen molar-refractivity contribution in [2.24, 2.45) is 0 Å². The highest BCUT2D eigenvalue weighted by Crippen LogP contribution is 2.44. The molecule has 5 rings (SSSR count). The van der Waals surface area contributed by atoms with Crippen LogP contribution in [0.25, 0.3) is 11.3 Å². The van der Waals surface area contributed by atoms with Gasteiger partial charge >= 0.3 is 0 Å². The molecule has 2 fully saturated rings. The SMILES string of the molecule is COc1cc(C(=O)NCC2(c3ccc(OC)c(-c4ccc(F)c(Cl)c4)n3)CCC2)ccc1OC1CCC1. The lowest BCUT2D eigenvalue weighted by molar-refractivity contribution is 0.0925. The van der Waals surface area contributed by atoms with Crippen molar-refractivity contribution in [1.29, 1.82) is 0 Å². The van der Waals surface area contributed by atoms with E-state index in [1.807, 2.05) is 12.1 Å². The number of amides is 1. The van der Waals surface area contributed by atoms with Gasteiger partial charge in [0.25, 0.3) is 5.91 Å². The normalized spacial score (nSPS) is 16.3. The summed E-state index contributed by atoms with van der Waals surface area (Å²) < 4.78 is 30.7. The van der Waals surface area contributed by atoms with Crippen molar-refractivity contribution in [3.8, 4) is 28.5 Å². The van der Waals surface area contributed by atoms with E-state index in [0.29, 0.717) is 40.6 Å². The van der Waals surface area contributed by atoms with Crippen LogP contribution in [0.4, 0.5) is 4.39 Å². The summed E-state index contributed by atoms with van der Waals surface area (Å²) in [5, 5.41) is 3.13. The summed E-state index contributed by atoms with van der Waals surface area (Å²) in [6.45, 7) is 0.442. The van der Waals surface area contributed by atoms with Crippen LogP contribution in [0.5, 0.6) is 17.2 Å². The third-order valence-corrected chi connectivity index (χ3v) is 7.77. The number of methoxy groups -OCH3 is 2. The summed E-state index contributed by atoms with van der Waals surface area (Å²) >= 11 is 6.03. The van der Waals surface area contributed by atoms with E-state index in [1.54, 1.807) is 44.6 Å². The van der Waals surface area contributed by atoms with Crippen molar-refractivity contribution >= 4 is 17.5 Å². The lowest BCUT2D eigenvalue weighted by Crippen LogP contribution is -2.46. The van der Waals surface area contributed by atoms with Gasteiger partial charge in [0.15, 0.2) is 11.5 Å². The summed E-state index contributed by atoms with van der Waals surface area (Å²) in [6, 6.07) is 13.6. The second-order valence-corrected chi connectivity index (χ2v) is 10.1. The molecule has 2 aliphatic carbocycles. The largest absolute Gasteiger partial charge is 0.494 e. The number of nitrogens with zero attached hydrogens (tertiary/aromatic N) is 1. The van der Waals surface area contributed by atoms with Crippen LogP contribution in [-0.2, 0) is 5.41 Å². The Morgan fingerprint density at radius 1 is 1.03 bits per heavy atom. The predicted octanol–water partition coefficient (Wildman–Crippen LogP) is 6.34. The van der Waals surface area contributed by atoms with Crippen LogP contribution >= 0.6 is 11.6 Å². The highest BCUT2D eigenvalue weighted by atomic mass is 35.5. The van der Waals surface area contributed by atoms with Gasteiger partial charge < -0.3 is 19.5 Å². The fourth-order valence-corrected chi connectivity index (χ4v) is 4.99. The number of benzene rings is 2. The maximum atomic E-state index is 13.8. The minimum atomic E-state index is -0.488. The van der Waals surface area contributed by atoms with E-state index in [0.717, 1.165) is 37.8 Å². The number of aromatic nitrogens is 1. The fourth-order valence-electron chi connectivity index (χ4n) is 4.81. The average molecular weight is 525 g/mol. The first-order valence-corrected chi connectivity index (χ1v) is 12.9. The van der Waals surface area contributed by atoms with Gasteiger partial charge in [-0.05, 0) is 80.6 Å². The molecule has 0 saturated heterocycles. The molecule has 0 spiro atoms. The Hall–Kier alpha value is -3.32. The Bertz CT molecular complexity index is 1310. The summed E-state index contributed by atoms with van der Waals surface area (Å²) in [7, 11) is 3.15. The second-order valence-electron chi connectivity index (χ2n) is 9.73. The van der Waals surface area contributed by atoms with Gasteiger partial charge in [0, 0.05) is 28.8 Å². The van der Waals surface area contributed by atoms with E-state index in [2.05, 4.69) is 5.32 Å². The zero-order valence-electron chi connectivity index (χ0n) is 21.0. The molecule has 3 aromatic rings. The molecule has 37 heavy (non-hydrogen) atoms. The minimum absolute atomic E-state index is 0.0249. The number of pyridine rings is 1. The molecule has 2 aliphatic rings. The van der Waals surface area contributed by atoms with Crippen molar-refractivity contribution in [3.63, 3.8) is 0 Å². The highest BCUT2D eigenvalue weighted by molar-refractivity contribution is 6.31. The number of ether oxygens (including phenoxy) is 3. The molecule has 0 atom stereocenters. The molecule has 2 aromatic carbocycles. The molecular formula is C29H30ClFN2O4. The van der Waals surface area contributed by atoms with E-state index in [4.69, 9.17) is 30.8 Å². The predicted molar refractivity (Wildman–Crippen MR) is 140 cm³/mol. The Balaban J connectivity index is 1.35. The van der Waals surface area contributed by atoms with Crippen LogP contribution in [-0.4, -0.2) is 37.8 Å². The van der Waals surface area contributed by atoms with E-state index in [9.17, 15) is 9.18 Å². The standard InChI is InChI=1S/C29H30ClFN2O4/c1-35-24-11-12-26(33-27(24)18-7-9-22(31)21(30)15-18)29(13-4-14-29)17-32-28(34)19-8-10-23(25(16-19)36-2)37-20-5-3-6-20/h7-12,15-16,20H,3-6,13-14,17H2,1-2H3,(H,32,34). The monoisotopic (exact) mass is 524 g/mol. The molecule has 1 aromatic heterocycles. The van der Waals surface area contributed by atoms with Gasteiger partial charge in [0.2, 0.25) is 0 Å². The Morgan fingerprint density at radius 3 is 2.41 bits per heavy atom. The average Bonchev–Trinajstić information content (AvgIpc) is 2.87. The third-order valence-electron chi connectivity index (χ3n) is 7.48. The molecule has 1 N–H and O–H groups in total. The summed E-state index contributed by atoms with van der Waals surface area (Å²) in [4.78, 5) is 18.0. The number of carbonyl (C=O) groups is 1. The maximum absolute atomic E-state index is 13.8. The number of rotatable bonds is 9. The van der Waals surface area contributed by atoms with Gasteiger partial charge in [-0.1, -0.05) is 18.0 Å². The van der Waals surface area contributed by atoms with Gasteiger partial charge in [-0.25, -0.2) is 9.37 Å². The van der Waals surface area contributed by atoms with Crippen LogP contribution in [0.1, 0.15) is 54.6 Å². The van der Waals surface area contributed by atoms with Crippen molar-refractivity contribution < 1.29 is 23.4 Å². The highest BCUT2D eigenvalue weighted by Gasteiger charge is 2.41. The van der Waals surface area contributed by atoms with Crippen LogP contribution in [0, 0.1) is 5.82 Å². The van der Waals surface area contributed by atoms with Gasteiger partial charge in [-0.3, -0.25) is 4.79 Å². The van der Waals surface area contributed by atoms with Crippen LogP contribution in [0.15, 0.2) is 48.5 Å². The van der Waals surface area contributed by atoms with Gasteiger partial charge in [-0.15, -0.1) is 0 Å². The Kier molecular flexibility index (Phi) is 7.24. The lowest BCUT2D eigenvalue weighted by atomic mass is 9.66. The van der Waals surface area contributed by atoms with Crippen LogP contribution in [0.3, 0.4) is 0 Å². The number of carbonyl (C=O) groups excluding carboxylic acids is 1. The number of halogens is 2. The van der Waals surface area contributed by atoms with Crippen molar-refractivity contribution in [2.75, 3.05) is 20.8 Å². The first-order valence-electron chi connectivity index (χ1n) is 12.6. The fraction of sp³-hybridized carbons (Fsp3) is 0.379. The summed E-state index contributed by atoms with van der Waals surface area (Å²) in [6.07, 6.45) is 6.33. The molecule has 6 nitrogen and oxygen atoms in total. The summed E-state index contributed by atoms with van der Waals surface area (Å²) in [5.74, 6) is 1.12. The molecule has 8 heteroatoms. The van der Waals surface area contributed by atoms with Crippen LogP contribution < -0.4 is 19.5 Å². The molecule has 1 amide bonds. The van der Waals surface area contributed by atoms with Gasteiger partial charge in [0.1, 0.15) is 17.3 Å². The first-order chi connectivity index (χ1) is 17.9. The molecular weight excluding hydrogens is 495 g/mol. The second kappa shape index (κ2) is 10.6. The van der Waals surface area contributed by atoms with E-state index >= 15 is 0 Å². The number of nitrogens with one attached hydrogen (secondary N) is 1. The molecule has 0 aliphatic heterocycles. The third kappa shape index (κ3) is 5.10. The molecule has 0 bridgehead atoms. The smallest absolute Gasteiger partial charge is 0.251 e. The Morgan fingerprint density at radius 2 is 1.78 bits per heavy atom. The zero-order valence-corrected chi connectivity index (χ0v) is 21.7. The number of hydrogen-bond donors (Lipinski definition) is 1. The molecule has 1 heterocycles. The topological polar surface area (TPSA) is 69.7 Å². The maximum Gasteiger partial charge on any atom is 0.251 e. The number of hydrogen-bond acceptors (Lipinski definition) is 5. The minimum Gasteiger partial charge on any atom is -0.494 e. The van der Waals surface area contributed by atoms with Gasteiger partial charge in [0.05, 0.1) is 25.3 Å². The molecule has 0 unspecified atom stereocenters. The molecule has 194 valence electrons. The Labute approximate surface area is 221 Å². The molecule has 2 saturated carbocycles. The van der Waals surface area contributed by atoms with E-state index < -0.39 is 5.82 Å². The molecule has 0 radical (unpaired) electrons. The van der Waals surface area contributed by atoms with Crippen molar-refractivity contribution in [1.82, 2.24) is 10.3 Å². The van der Waals surface area contributed by atoms with Crippen molar-refractivity contribution in [2.45, 2.75) is 50.0 Å². The summed E-state index contributed by atoms with van der Waals surface area (Å²) in [5.41, 5.74) is 2.33. The lowest BCUT2D eigenvalue weighted by Gasteiger charge is -2.41. The van der Waals surface area contributed by atoms with E-state index in [-0.39, 0.29) is 22.4 Å². The van der Waals surface area contributed by atoms with Crippen molar-refractivity contribution in [3.05, 3.63) is 70.6 Å². The van der Waals surface area contributed by atoms with Crippen LogP contribution in [0.2, 0.25) is 5.02 Å². The van der Waals surface area contributed by atoms with Gasteiger partial charge in [-0.2, -0.15) is 0 Å².